The topological polar surface area (TPSA) is 92.8 Å². The summed E-state index contributed by atoms with van der Waals surface area (Å²) in [5.41, 5.74) is 1.67. The van der Waals surface area contributed by atoms with Crippen LogP contribution in [0.1, 0.15) is 22.3 Å². The van der Waals surface area contributed by atoms with Crippen molar-refractivity contribution in [1.82, 2.24) is 0 Å². The van der Waals surface area contributed by atoms with Gasteiger partial charge in [-0.1, -0.05) is 29.8 Å². The van der Waals surface area contributed by atoms with Crippen LogP contribution in [0, 0.1) is 30.6 Å². The quantitative estimate of drug-likeness (QED) is 0.340. The molecule has 9 heteroatoms. The number of amides is 3. The van der Waals surface area contributed by atoms with Gasteiger partial charge in [0.2, 0.25) is 11.8 Å². The number of rotatable bonds is 5. The number of hydrogen-bond donors (Lipinski definition) is 1. The monoisotopic (exact) mass is 542 g/mol. The van der Waals surface area contributed by atoms with E-state index in [9.17, 15) is 19.2 Å². The van der Waals surface area contributed by atoms with Crippen molar-refractivity contribution in [1.29, 1.82) is 0 Å². The molecule has 2 aromatic carbocycles. The van der Waals surface area contributed by atoms with Crippen molar-refractivity contribution in [2.24, 2.45) is 23.7 Å². The standard InChI is InChI=1S/C25H20BrClN2O5/c1-12-18(8-7-17(26)22(12)27)28-19(30)11-34-25(33)15-3-2-4-16(10-15)29-23(31)20-13-5-6-14(9-13)21(20)24(29)32/h2-8,10,13-14,20-21H,9,11H2,1H3,(H,28,30)/t13-,14-,20+,21+/m0/s1. The van der Waals surface area contributed by atoms with Crippen molar-refractivity contribution in [3.8, 4) is 0 Å². The minimum Gasteiger partial charge on any atom is -0.452 e. The van der Waals surface area contributed by atoms with E-state index in [1.807, 2.05) is 12.2 Å². The molecule has 0 unspecified atom stereocenters. The molecule has 2 fully saturated rings. The summed E-state index contributed by atoms with van der Waals surface area (Å²) in [6.07, 6.45) is 4.91. The van der Waals surface area contributed by atoms with Gasteiger partial charge in [0.05, 0.1) is 28.1 Å². The summed E-state index contributed by atoms with van der Waals surface area (Å²) in [6, 6.07) is 9.57. The largest absolute Gasteiger partial charge is 0.452 e. The Balaban J connectivity index is 1.25. The maximum atomic E-state index is 13.0. The molecule has 1 aliphatic heterocycles. The summed E-state index contributed by atoms with van der Waals surface area (Å²) in [4.78, 5) is 52.1. The lowest BCUT2D eigenvalue weighted by atomic mass is 9.85. The van der Waals surface area contributed by atoms with E-state index < -0.39 is 18.5 Å². The van der Waals surface area contributed by atoms with Crippen LogP contribution in [0.15, 0.2) is 53.0 Å². The van der Waals surface area contributed by atoms with Crippen molar-refractivity contribution in [3.63, 3.8) is 0 Å². The lowest BCUT2D eigenvalue weighted by Crippen LogP contribution is -2.33. The number of imide groups is 1. The Kier molecular flexibility index (Phi) is 5.81. The Hall–Kier alpha value is -2.97. The van der Waals surface area contributed by atoms with E-state index in [1.165, 1.54) is 17.0 Å². The molecule has 1 heterocycles. The van der Waals surface area contributed by atoms with E-state index in [0.29, 0.717) is 26.4 Å². The normalized spacial score (nSPS) is 24.5. The first kappa shape index (κ1) is 22.8. The number of esters is 1. The van der Waals surface area contributed by atoms with Crippen LogP contribution in [-0.4, -0.2) is 30.3 Å². The maximum absolute atomic E-state index is 13.0. The predicted molar refractivity (Wildman–Crippen MR) is 129 cm³/mol. The van der Waals surface area contributed by atoms with E-state index in [1.54, 1.807) is 31.2 Å². The zero-order valence-corrected chi connectivity index (χ0v) is 20.4. The molecule has 0 radical (unpaired) electrons. The smallest absolute Gasteiger partial charge is 0.338 e. The number of nitrogens with zero attached hydrogens (tertiary/aromatic N) is 1. The maximum Gasteiger partial charge on any atom is 0.338 e. The first-order valence-electron chi connectivity index (χ1n) is 10.8. The van der Waals surface area contributed by atoms with Gasteiger partial charge in [0, 0.05) is 10.2 Å². The fraction of sp³-hybridized carbons (Fsp3) is 0.280. The van der Waals surface area contributed by atoms with Gasteiger partial charge in [-0.05, 0) is 77.0 Å². The Bertz CT molecular complexity index is 1250. The zero-order valence-electron chi connectivity index (χ0n) is 18.1. The number of anilines is 2. The van der Waals surface area contributed by atoms with Gasteiger partial charge >= 0.3 is 5.97 Å². The van der Waals surface area contributed by atoms with Crippen molar-refractivity contribution in [2.75, 3.05) is 16.8 Å². The number of carbonyl (C=O) groups is 4. The van der Waals surface area contributed by atoms with Gasteiger partial charge in [0.15, 0.2) is 6.61 Å². The predicted octanol–water partition coefficient (Wildman–Crippen LogP) is 4.52. The zero-order chi connectivity index (χ0) is 24.1. The van der Waals surface area contributed by atoms with Gasteiger partial charge in [-0.15, -0.1) is 0 Å². The summed E-state index contributed by atoms with van der Waals surface area (Å²) in [5.74, 6) is -2.13. The molecule has 1 saturated heterocycles. The Morgan fingerprint density at radius 3 is 2.47 bits per heavy atom. The first-order valence-corrected chi connectivity index (χ1v) is 12.0. The molecular weight excluding hydrogens is 524 g/mol. The number of carbonyl (C=O) groups excluding carboxylic acids is 4. The van der Waals surface area contributed by atoms with Crippen molar-refractivity contribution in [2.45, 2.75) is 13.3 Å². The van der Waals surface area contributed by atoms with E-state index in [0.717, 1.165) is 6.42 Å². The lowest BCUT2D eigenvalue weighted by molar-refractivity contribution is -0.123. The second kappa shape index (κ2) is 8.67. The van der Waals surface area contributed by atoms with Crippen LogP contribution in [-0.2, 0) is 19.1 Å². The number of allylic oxidation sites excluding steroid dienone is 2. The molecule has 1 N–H and O–H groups in total. The number of fused-ring (bicyclic) bond motifs is 5. The van der Waals surface area contributed by atoms with Gasteiger partial charge in [0.1, 0.15) is 0 Å². The molecule has 3 aliphatic rings. The third kappa shape index (κ3) is 3.75. The van der Waals surface area contributed by atoms with Gasteiger partial charge in [-0.25, -0.2) is 9.69 Å². The van der Waals surface area contributed by atoms with Crippen LogP contribution in [0.2, 0.25) is 5.02 Å². The first-order chi connectivity index (χ1) is 16.3. The minimum atomic E-state index is -0.733. The minimum absolute atomic E-state index is 0.104. The molecule has 34 heavy (non-hydrogen) atoms. The fourth-order valence-electron chi connectivity index (χ4n) is 5.12. The van der Waals surface area contributed by atoms with Gasteiger partial charge in [0.25, 0.3) is 5.91 Å². The average Bonchev–Trinajstić information content (AvgIpc) is 3.51. The van der Waals surface area contributed by atoms with Crippen LogP contribution < -0.4 is 10.2 Å². The second-order valence-corrected chi connectivity index (χ2v) is 9.95. The Morgan fingerprint density at radius 1 is 1.12 bits per heavy atom. The van der Waals surface area contributed by atoms with Crippen molar-refractivity contribution < 1.29 is 23.9 Å². The molecule has 3 amide bonds. The Morgan fingerprint density at radius 2 is 1.79 bits per heavy atom. The Labute approximate surface area is 209 Å². The molecule has 174 valence electrons. The van der Waals surface area contributed by atoms with Crippen LogP contribution in [0.4, 0.5) is 11.4 Å². The molecule has 1 saturated carbocycles. The molecule has 2 aromatic rings. The summed E-state index contributed by atoms with van der Waals surface area (Å²) in [6.45, 7) is 1.26. The highest BCUT2D eigenvalue weighted by molar-refractivity contribution is 9.10. The van der Waals surface area contributed by atoms with Gasteiger partial charge in [-0.2, -0.15) is 0 Å². The number of ether oxygens (including phenoxy) is 1. The summed E-state index contributed by atoms with van der Waals surface area (Å²) < 4.78 is 5.86. The molecule has 4 atom stereocenters. The van der Waals surface area contributed by atoms with Crippen LogP contribution >= 0.6 is 27.5 Å². The fourth-order valence-corrected chi connectivity index (χ4v) is 5.71. The number of benzene rings is 2. The van der Waals surface area contributed by atoms with E-state index in [4.69, 9.17) is 16.3 Å². The SMILES string of the molecule is Cc1c(NC(=O)COC(=O)c2cccc(N3C(=O)[C@H]4[C@H](C3=O)[C@H]3C=C[C@H]4C3)c2)ccc(Br)c1Cl. The third-order valence-corrected chi connectivity index (χ3v) is 8.13. The molecule has 5 rings (SSSR count). The highest BCUT2D eigenvalue weighted by Crippen LogP contribution is 2.53. The summed E-state index contributed by atoms with van der Waals surface area (Å²) >= 11 is 9.49. The molecular formula is C25H20BrClN2O5. The summed E-state index contributed by atoms with van der Waals surface area (Å²) in [5, 5.41) is 3.14. The number of hydrogen-bond acceptors (Lipinski definition) is 5. The van der Waals surface area contributed by atoms with Crippen molar-refractivity contribution in [3.05, 3.63) is 69.2 Å². The van der Waals surface area contributed by atoms with Gasteiger partial charge < -0.3 is 10.1 Å². The van der Waals surface area contributed by atoms with Gasteiger partial charge in [-0.3, -0.25) is 14.4 Å². The van der Waals surface area contributed by atoms with E-state index in [2.05, 4.69) is 21.2 Å². The number of nitrogens with one attached hydrogen (secondary N) is 1. The molecule has 2 bridgehead atoms. The van der Waals surface area contributed by atoms with Crippen molar-refractivity contribution >= 4 is 62.6 Å². The highest BCUT2D eigenvalue weighted by atomic mass is 79.9. The second-order valence-electron chi connectivity index (χ2n) is 8.72. The number of halogens is 2. The average molecular weight is 544 g/mol. The lowest BCUT2D eigenvalue weighted by Gasteiger charge is -2.18. The van der Waals surface area contributed by atoms with Crippen LogP contribution in [0.5, 0.6) is 0 Å². The molecule has 7 nitrogen and oxygen atoms in total. The van der Waals surface area contributed by atoms with E-state index >= 15 is 0 Å². The van der Waals surface area contributed by atoms with Crippen LogP contribution in [0.25, 0.3) is 0 Å². The third-order valence-electron chi connectivity index (χ3n) is 6.76. The summed E-state index contributed by atoms with van der Waals surface area (Å²) in [7, 11) is 0. The van der Waals surface area contributed by atoms with E-state index in [-0.39, 0.29) is 41.0 Å². The van der Waals surface area contributed by atoms with Crippen LogP contribution in [0.3, 0.4) is 0 Å². The highest BCUT2D eigenvalue weighted by Gasteiger charge is 2.59. The molecule has 0 spiro atoms. The molecule has 2 aliphatic carbocycles. The molecule has 0 aromatic heterocycles.